The highest BCUT2D eigenvalue weighted by atomic mass is 32.1. The van der Waals surface area contributed by atoms with Gasteiger partial charge in [-0.15, -0.1) is 5.10 Å². The minimum atomic E-state index is 0.170. The third kappa shape index (κ3) is 2.03. The van der Waals surface area contributed by atoms with Crippen LogP contribution in [0.2, 0.25) is 0 Å². The first-order chi connectivity index (χ1) is 7.70. The monoisotopic (exact) mass is 234 g/mol. The standard InChI is InChI=1S/C9H10N6S/c1-2-6-3-7(12-4-11-6)15-5-13-9(14-15)8(10)16/h3-5H,2H2,1H3,(H2,10,16). The van der Waals surface area contributed by atoms with E-state index in [9.17, 15) is 0 Å². The molecule has 2 aromatic rings. The number of nitrogens with zero attached hydrogens (tertiary/aromatic N) is 5. The van der Waals surface area contributed by atoms with Crippen molar-refractivity contribution in [1.82, 2.24) is 24.7 Å². The predicted molar refractivity (Wildman–Crippen MR) is 62.2 cm³/mol. The van der Waals surface area contributed by atoms with E-state index in [4.69, 9.17) is 18.0 Å². The number of aryl methyl sites for hydroxylation is 1. The lowest BCUT2D eigenvalue weighted by Gasteiger charge is -2.00. The molecule has 0 aliphatic heterocycles. The van der Waals surface area contributed by atoms with Gasteiger partial charge in [-0.3, -0.25) is 0 Å². The van der Waals surface area contributed by atoms with Gasteiger partial charge in [0.25, 0.3) is 0 Å². The van der Waals surface area contributed by atoms with E-state index in [-0.39, 0.29) is 4.99 Å². The largest absolute Gasteiger partial charge is 0.387 e. The Balaban J connectivity index is 2.38. The quantitative estimate of drug-likeness (QED) is 0.767. The second-order valence-corrected chi connectivity index (χ2v) is 3.54. The van der Waals surface area contributed by atoms with Gasteiger partial charge in [0.2, 0.25) is 5.82 Å². The molecule has 0 spiro atoms. The van der Waals surface area contributed by atoms with Gasteiger partial charge in [0.15, 0.2) is 5.82 Å². The van der Waals surface area contributed by atoms with Gasteiger partial charge in [-0.2, -0.15) is 0 Å². The topological polar surface area (TPSA) is 82.5 Å². The van der Waals surface area contributed by atoms with Crippen molar-refractivity contribution in [1.29, 1.82) is 0 Å². The lowest BCUT2D eigenvalue weighted by molar-refractivity contribution is 0.824. The molecule has 0 radical (unpaired) electrons. The van der Waals surface area contributed by atoms with E-state index in [1.807, 2.05) is 13.0 Å². The second-order valence-electron chi connectivity index (χ2n) is 3.10. The van der Waals surface area contributed by atoms with Crippen molar-refractivity contribution in [3.05, 3.63) is 30.2 Å². The smallest absolute Gasteiger partial charge is 0.208 e. The van der Waals surface area contributed by atoms with Gasteiger partial charge in [0.1, 0.15) is 17.6 Å². The van der Waals surface area contributed by atoms with Gasteiger partial charge >= 0.3 is 0 Å². The minimum Gasteiger partial charge on any atom is -0.387 e. The SMILES string of the molecule is CCc1cc(-n2cnc(C(N)=S)n2)ncn1. The van der Waals surface area contributed by atoms with Crippen LogP contribution in [0.4, 0.5) is 0 Å². The normalized spacial score (nSPS) is 10.3. The summed E-state index contributed by atoms with van der Waals surface area (Å²) in [7, 11) is 0. The highest BCUT2D eigenvalue weighted by Gasteiger charge is 2.06. The molecule has 0 aromatic carbocycles. The third-order valence-corrected chi connectivity index (χ3v) is 2.20. The third-order valence-electron chi connectivity index (χ3n) is 2.02. The maximum atomic E-state index is 5.42. The lowest BCUT2D eigenvalue weighted by atomic mass is 10.3. The first kappa shape index (κ1) is 10.6. The molecule has 0 aliphatic carbocycles. The average Bonchev–Trinajstić information content (AvgIpc) is 2.78. The molecule has 7 heteroatoms. The Morgan fingerprint density at radius 3 is 2.88 bits per heavy atom. The number of thiocarbonyl (C=S) groups is 1. The van der Waals surface area contributed by atoms with Crippen molar-refractivity contribution in [3.8, 4) is 5.82 Å². The molecular weight excluding hydrogens is 224 g/mol. The van der Waals surface area contributed by atoms with Crippen molar-refractivity contribution >= 4 is 17.2 Å². The minimum absolute atomic E-state index is 0.170. The summed E-state index contributed by atoms with van der Waals surface area (Å²) in [6.07, 6.45) is 3.86. The van der Waals surface area contributed by atoms with Gasteiger partial charge in [0.05, 0.1) is 0 Å². The second kappa shape index (κ2) is 4.31. The van der Waals surface area contributed by atoms with E-state index < -0.39 is 0 Å². The molecule has 0 bridgehead atoms. The molecule has 0 saturated carbocycles. The van der Waals surface area contributed by atoms with Crippen LogP contribution < -0.4 is 5.73 Å². The zero-order valence-electron chi connectivity index (χ0n) is 8.66. The van der Waals surface area contributed by atoms with Crippen molar-refractivity contribution in [3.63, 3.8) is 0 Å². The maximum Gasteiger partial charge on any atom is 0.208 e. The highest BCUT2D eigenvalue weighted by Crippen LogP contribution is 2.04. The zero-order valence-corrected chi connectivity index (χ0v) is 9.48. The molecule has 2 N–H and O–H groups in total. The van der Waals surface area contributed by atoms with Gasteiger partial charge in [-0.25, -0.2) is 19.6 Å². The van der Waals surface area contributed by atoms with E-state index in [1.165, 1.54) is 17.3 Å². The molecule has 6 nitrogen and oxygen atoms in total. The van der Waals surface area contributed by atoms with Crippen LogP contribution in [0.15, 0.2) is 18.7 Å². The first-order valence-electron chi connectivity index (χ1n) is 4.73. The molecule has 2 aromatic heterocycles. The van der Waals surface area contributed by atoms with Crippen LogP contribution in [0.25, 0.3) is 5.82 Å². The molecule has 16 heavy (non-hydrogen) atoms. The summed E-state index contributed by atoms with van der Waals surface area (Å²) in [5.41, 5.74) is 6.36. The van der Waals surface area contributed by atoms with Crippen LogP contribution in [0.3, 0.4) is 0 Å². The molecule has 0 saturated heterocycles. The molecule has 2 heterocycles. The maximum absolute atomic E-state index is 5.42. The molecule has 0 unspecified atom stereocenters. The molecule has 0 atom stereocenters. The molecule has 2 rings (SSSR count). The number of nitrogens with two attached hydrogens (primary N) is 1. The average molecular weight is 234 g/mol. The van der Waals surface area contributed by atoms with Crippen LogP contribution in [-0.4, -0.2) is 29.7 Å². The first-order valence-corrected chi connectivity index (χ1v) is 5.14. The molecule has 0 fully saturated rings. The summed E-state index contributed by atoms with van der Waals surface area (Å²) in [4.78, 5) is 12.3. The van der Waals surface area contributed by atoms with Crippen molar-refractivity contribution < 1.29 is 0 Å². The van der Waals surface area contributed by atoms with Crippen LogP contribution >= 0.6 is 12.2 Å². The summed E-state index contributed by atoms with van der Waals surface area (Å²) >= 11 is 4.78. The Bertz CT molecular complexity index is 520. The fraction of sp³-hybridized carbons (Fsp3) is 0.222. The lowest BCUT2D eigenvalue weighted by Crippen LogP contribution is -2.12. The van der Waals surface area contributed by atoms with E-state index in [2.05, 4.69) is 20.1 Å². The van der Waals surface area contributed by atoms with Gasteiger partial charge < -0.3 is 5.73 Å². The van der Waals surface area contributed by atoms with Gasteiger partial charge in [0, 0.05) is 11.8 Å². The number of hydrogen-bond acceptors (Lipinski definition) is 5. The van der Waals surface area contributed by atoms with Gasteiger partial charge in [-0.1, -0.05) is 19.1 Å². The summed E-state index contributed by atoms with van der Waals surface area (Å²) < 4.78 is 1.52. The highest BCUT2D eigenvalue weighted by molar-refractivity contribution is 7.80. The van der Waals surface area contributed by atoms with Gasteiger partial charge in [-0.05, 0) is 6.42 Å². The van der Waals surface area contributed by atoms with Crippen LogP contribution in [-0.2, 0) is 6.42 Å². The fourth-order valence-corrected chi connectivity index (χ4v) is 1.28. The summed E-state index contributed by atoms with van der Waals surface area (Å²) in [5, 5.41) is 4.10. The van der Waals surface area contributed by atoms with Crippen molar-refractivity contribution in [2.24, 2.45) is 5.73 Å². The number of aromatic nitrogens is 5. The van der Waals surface area contributed by atoms with Crippen LogP contribution in [0.1, 0.15) is 18.4 Å². The van der Waals surface area contributed by atoms with Crippen molar-refractivity contribution in [2.75, 3.05) is 0 Å². The van der Waals surface area contributed by atoms with E-state index >= 15 is 0 Å². The Kier molecular flexibility index (Phi) is 2.86. The summed E-state index contributed by atoms with van der Waals surface area (Å²) in [5.74, 6) is 0.994. The molecular formula is C9H10N6S. The van der Waals surface area contributed by atoms with E-state index in [0.717, 1.165) is 12.1 Å². The Morgan fingerprint density at radius 1 is 1.44 bits per heavy atom. The number of rotatable bonds is 3. The molecule has 0 amide bonds. The molecule has 82 valence electrons. The zero-order chi connectivity index (χ0) is 11.5. The van der Waals surface area contributed by atoms with Crippen LogP contribution in [0.5, 0.6) is 0 Å². The van der Waals surface area contributed by atoms with Crippen LogP contribution in [0, 0.1) is 0 Å². The number of hydrogen-bond donors (Lipinski definition) is 1. The summed E-state index contributed by atoms with van der Waals surface area (Å²) in [6.45, 7) is 2.02. The Hall–Kier alpha value is -1.89. The predicted octanol–water partition coefficient (Wildman–Crippen LogP) is 0.254. The summed E-state index contributed by atoms with van der Waals surface area (Å²) in [6, 6.07) is 1.85. The Morgan fingerprint density at radius 2 is 2.25 bits per heavy atom. The van der Waals surface area contributed by atoms with Crippen molar-refractivity contribution in [2.45, 2.75) is 13.3 Å². The molecule has 0 aliphatic rings. The fourth-order valence-electron chi connectivity index (χ4n) is 1.19. The van der Waals surface area contributed by atoms with E-state index in [1.54, 1.807) is 0 Å². The Labute approximate surface area is 97.5 Å². The van der Waals surface area contributed by atoms with E-state index in [0.29, 0.717) is 11.6 Å².